The van der Waals surface area contributed by atoms with Gasteiger partial charge in [0.1, 0.15) is 35.0 Å². The highest BCUT2D eigenvalue weighted by Crippen LogP contribution is 2.31. The SMILES string of the molecule is COCc1nc2c(OC)ccc(OC)c2[nH]1. The third kappa shape index (κ3) is 1.69. The fourth-order valence-corrected chi connectivity index (χ4v) is 1.63. The molecule has 1 N–H and O–H groups in total. The minimum Gasteiger partial charge on any atom is -0.494 e. The van der Waals surface area contributed by atoms with Crippen molar-refractivity contribution in [3.8, 4) is 11.5 Å². The van der Waals surface area contributed by atoms with Crippen molar-refractivity contribution in [3.05, 3.63) is 18.0 Å². The zero-order valence-corrected chi connectivity index (χ0v) is 9.53. The minimum absolute atomic E-state index is 0.432. The minimum atomic E-state index is 0.432. The van der Waals surface area contributed by atoms with Crippen LogP contribution >= 0.6 is 0 Å². The van der Waals surface area contributed by atoms with Crippen LogP contribution in [0.25, 0.3) is 11.0 Å². The molecule has 1 heterocycles. The summed E-state index contributed by atoms with van der Waals surface area (Å²) in [6, 6.07) is 3.68. The van der Waals surface area contributed by atoms with Crippen LogP contribution in [0.5, 0.6) is 11.5 Å². The summed E-state index contributed by atoms with van der Waals surface area (Å²) in [5, 5.41) is 0. The molecule has 5 nitrogen and oxygen atoms in total. The lowest BCUT2D eigenvalue weighted by molar-refractivity contribution is 0.179. The zero-order chi connectivity index (χ0) is 11.5. The average molecular weight is 222 g/mol. The Labute approximate surface area is 93.3 Å². The first-order chi connectivity index (χ1) is 7.80. The van der Waals surface area contributed by atoms with E-state index in [1.54, 1.807) is 21.3 Å². The van der Waals surface area contributed by atoms with E-state index in [0.29, 0.717) is 6.61 Å². The number of nitrogens with zero attached hydrogens (tertiary/aromatic N) is 1. The van der Waals surface area contributed by atoms with Crippen molar-refractivity contribution in [1.29, 1.82) is 0 Å². The molecule has 86 valence electrons. The lowest BCUT2D eigenvalue weighted by Gasteiger charge is -2.04. The van der Waals surface area contributed by atoms with Crippen molar-refractivity contribution in [1.82, 2.24) is 9.97 Å². The van der Waals surface area contributed by atoms with Gasteiger partial charge in [0.05, 0.1) is 14.2 Å². The third-order valence-electron chi connectivity index (χ3n) is 2.34. The molecule has 5 heteroatoms. The Morgan fingerprint density at radius 1 is 1.12 bits per heavy atom. The molecule has 2 aromatic rings. The van der Waals surface area contributed by atoms with Crippen LogP contribution in [0.4, 0.5) is 0 Å². The summed E-state index contributed by atoms with van der Waals surface area (Å²) in [6.07, 6.45) is 0. The lowest BCUT2D eigenvalue weighted by atomic mass is 10.2. The maximum Gasteiger partial charge on any atom is 0.146 e. The van der Waals surface area contributed by atoms with E-state index in [2.05, 4.69) is 9.97 Å². The number of nitrogens with one attached hydrogen (secondary N) is 1. The van der Waals surface area contributed by atoms with Crippen molar-refractivity contribution >= 4 is 11.0 Å². The average Bonchev–Trinajstić information content (AvgIpc) is 2.71. The summed E-state index contributed by atoms with van der Waals surface area (Å²) in [5.41, 5.74) is 1.59. The fourth-order valence-electron chi connectivity index (χ4n) is 1.63. The largest absolute Gasteiger partial charge is 0.494 e. The van der Waals surface area contributed by atoms with Crippen LogP contribution < -0.4 is 9.47 Å². The van der Waals surface area contributed by atoms with Gasteiger partial charge in [-0.15, -0.1) is 0 Å². The summed E-state index contributed by atoms with van der Waals surface area (Å²) in [5.74, 6) is 2.21. The fraction of sp³-hybridized carbons (Fsp3) is 0.364. The lowest BCUT2D eigenvalue weighted by Crippen LogP contribution is -1.89. The number of aromatic amines is 1. The van der Waals surface area contributed by atoms with E-state index in [1.165, 1.54) is 0 Å². The summed E-state index contributed by atoms with van der Waals surface area (Å²) in [7, 11) is 4.87. The van der Waals surface area contributed by atoms with Crippen molar-refractivity contribution in [3.63, 3.8) is 0 Å². The van der Waals surface area contributed by atoms with Gasteiger partial charge in [0.15, 0.2) is 0 Å². The number of imidazole rings is 1. The van der Waals surface area contributed by atoms with Crippen molar-refractivity contribution in [2.45, 2.75) is 6.61 Å². The molecule has 2 rings (SSSR count). The predicted octanol–water partition coefficient (Wildman–Crippen LogP) is 1.73. The molecule has 0 bridgehead atoms. The van der Waals surface area contributed by atoms with Crippen molar-refractivity contribution in [2.24, 2.45) is 0 Å². The number of methoxy groups -OCH3 is 3. The van der Waals surface area contributed by atoms with E-state index in [0.717, 1.165) is 28.4 Å². The Kier molecular flexibility index (Phi) is 2.96. The Bertz CT molecular complexity index is 452. The van der Waals surface area contributed by atoms with Gasteiger partial charge in [0.25, 0.3) is 0 Å². The Balaban J connectivity index is 2.60. The molecule has 0 saturated carbocycles. The van der Waals surface area contributed by atoms with Gasteiger partial charge in [-0.05, 0) is 12.1 Å². The molecule has 16 heavy (non-hydrogen) atoms. The molecule has 1 aromatic carbocycles. The van der Waals surface area contributed by atoms with Gasteiger partial charge in [0, 0.05) is 7.11 Å². The molecule has 0 unspecified atom stereocenters. The molecule has 0 aliphatic heterocycles. The molecule has 0 aliphatic carbocycles. The number of H-pyrrole nitrogens is 1. The third-order valence-corrected chi connectivity index (χ3v) is 2.34. The summed E-state index contributed by atoms with van der Waals surface area (Å²) in [4.78, 5) is 7.55. The topological polar surface area (TPSA) is 56.4 Å². The van der Waals surface area contributed by atoms with Gasteiger partial charge < -0.3 is 19.2 Å². The van der Waals surface area contributed by atoms with Gasteiger partial charge in [0.2, 0.25) is 0 Å². The number of rotatable bonds is 4. The Hall–Kier alpha value is -1.75. The summed E-state index contributed by atoms with van der Waals surface area (Å²) in [6.45, 7) is 0.432. The second-order valence-corrected chi connectivity index (χ2v) is 3.31. The smallest absolute Gasteiger partial charge is 0.146 e. The first-order valence-electron chi connectivity index (χ1n) is 4.88. The van der Waals surface area contributed by atoms with Crippen LogP contribution in [-0.2, 0) is 11.3 Å². The first-order valence-corrected chi connectivity index (χ1v) is 4.88. The van der Waals surface area contributed by atoms with E-state index in [-0.39, 0.29) is 0 Å². The van der Waals surface area contributed by atoms with E-state index < -0.39 is 0 Å². The normalized spacial score (nSPS) is 10.7. The number of aromatic nitrogens is 2. The van der Waals surface area contributed by atoms with E-state index in [9.17, 15) is 0 Å². The number of ether oxygens (including phenoxy) is 3. The highest BCUT2D eigenvalue weighted by atomic mass is 16.5. The number of hydrogen-bond acceptors (Lipinski definition) is 4. The van der Waals surface area contributed by atoms with Crippen LogP contribution in [0.2, 0.25) is 0 Å². The standard InChI is InChI=1S/C11H14N2O3/c1-14-6-9-12-10-7(15-2)4-5-8(16-3)11(10)13-9/h4-5H,6H2,1-3H3,(H,12,13). The molecule has 0 spiro atoms. The van der Waals surface area contributed by atoms with E-state index in [4.69, 9.17) is 14.2 Å². The maximum atomic E-state index is 5.25. The van der Waals surface area contributed by atoms with Gasteiger partial charge >= 0.3 is 0 Å². The number of benzene rings is 1. The first kappa shape index (κ1) is 10.8. The molecule has 0 amide bonds. The predicted molar refractivity (Wildman–Crippen MR) is 59.9 cm³/mol. The van der Waals surface area contributed by atoms with E-state index >= 15 is 0 Å². The van der Waals surface area contributed by atoms with Crippen LogP contribution in [-0.4, -0.2) is 31.3 Å². The second kappa shape index (κ2) is 4.40. The molecular weight excluding hydrogens is 208 g/mol. The monoisotopic (exact) mass is 222 g/mol. The van der Waals surface area contributed by atoms with Crippen molar-refractivity contribution in [2.75, 3.05) is 21.3 Å². The molecule has 0 atom stereocenters. The second-order valence-electron chi connectivity index (χ2n) is 3.31. The van der Waals surface area contributed by atoms with Crippen LogP contribution in [0.1, 0.15) is 5.82 Å². The Morgan fingerprint density at radius 3 is 2.44 bits per heavy atom. The molecule has 1 aromatic heterocycles. The van der Waals surface area contributed by atoms with Gasteiger partial charge in [-0.25, -0.2) is 4.98 Å². The van der Waals surface area contributed by atoms with Crippen molar-refractivity contribution < 1.29 is 14.2 Å². The molecule has 0 saturated heterocycles. The van der Waals surface area contributed by atoms with Gasteiger partial charge in [-0.3, -0.25) is 0 Å². The number of fused-ring (bicyclic) bond motifs is 1. The van der Waals surface area contributed by atoms with Crippen LogP contribution in [0.15, 0.2) is 12.1 Å². The molecule has 0 radical (unpaired) electrons. The molecule has 0 aliphatic rings. The summed E-state index contributed by atoms with van der Waals surface area (Å²) >= 11 is 0. The maximum absolute atomic E-state index is 5.25. The van der Waals surface area contributed by atoms with Crippen LogP contribution in [0, 0.1) is 0 Å². The van der Waals surface area contributed by atoms with Gasteiger partial charge in [-0.1, -0.05) is 0 Å². The number of hydrogen-bond donors (Lipinski definition) is 1. The van der Waals surface area contributed by atoms with Crippen LogP contribution in [0.3, 0.4) is 0 Å². The quantitative estimate of drug-likeness (QED) is 0.855. The van der Waals surface area contributed by atoms with Gasteiger partial charge in [-0.2, -0.15) is 0 Å². The highest BCUT2D eigenvalue weighted by Gasteiger charge is 2.12. The molecular formula is C11H14N2O3. The highest BCUT2D eigenvalue weighted by molar-refractivity contribution is 5.87. The van der Waals surface area contributed by atoms with E-state index in [1.807, 2.05) is 12.1 Å². The summed E-state index contributed by atoms with van der Waals surface area (Å²) < 4.78 is 15.5. The zero-order valence-electron chi connectivity index (χ0n) is 9.53. The molecule has 0 fully saturated rings. The Morgan fingerprint density at radius 2 is 1.81 bits per heavy atom.